The summed E-state index contributed by atoms with van der Waals surface area (Å²) in [6.07, 6.45) is -0.606. The van der Waals surface area contributed by atoms with Gasteiger partial charge in [0.25, 0.3) is 0 Å². The quantitative estimate of drug-likeness (QED) is 0.866. The predicted octanol–water partition coefficient (Wildman–Crippen LogP) is 2.50. The molecule has 1 aromatic rings. The van der Waals surface area contributed by atoms with Gasteiger partial charge in [0.1, 0.15) is 11.9 Å². The highest BCUT2D eigenvalue weighted by atomic mass is 19.3. The molecule has 0 radical (unpaired) electrons. The van der Waals surface area contributed by atoms with Gasteiger partial charge in [-0.3, -0.25) is 4.79 Å². The Kier molecular flexibility index (Phi) is 5.69. The molecule has 2 unspecified atom stereocenters. The summed E-state index contributed by atoms with van der Waals surface area (Å²) in [5.74, 6) is -0.266. The van der Waals surface area contributed by atoms with Crippen LogP contribution in [0.2, 0.25) is 0 Å². The Hall–Kier alpha value is -1.69. The number of nitrogens with one attached hydrogen (secondary N) is 1. The van der Waals surface area contributed by atoms with E-state index < -0.39 is 18.8 Å². The molecule has 0 aliphatic rings. The topological polar surface area (TPSA) is 47.6 Å². The Balaban J connectivity index is 2.81. The third kappa shape index (κ3) is 4.48. The highest BCUT2D eigenvalue weighted by Crippen LogP contribution is 2.26. The Labute approximate surface area is 110 Å². The molecule has 0 heterocycles. The van der Waals surface area contributed by atoms with E-state index in [0.29, 0.717) is 5.56 Å². The molecule has 0 aliphatic carbocycles. The zero-order chi connectivity index (χ0) is 14.4. The van der Waals surface area contributed by atoms with Crippen molar-refractivity contribution < 1.29 is 23.0 Å². The molecule has 0 bridgehead atoms. The van der Waals surface area contributed by atoms with Crippen LogP contribution in [0.5, 0.6) is 5.75 Å². The number of rotatable bonds is 6. The summed E-state index contributed by atoms with van der Waals surface area (Å²) in [6.45, 7) is 0.388. The van der Waals surface area contributed by atoms with Crippen molar-refractivity contribution in [1.82, 2.24) is 5.32 Å². The monoisotopic (exact) mass is 273 g/mol. The second kappa shape index (κ2) is 7.04. The van der Waals surface area contributed by atoms with Crippen LogP contribution in [0.15, 0.2) is 24.3 Å². The molecular weight excluding hydrogens is 256 g/mol. The lowest BCUT2D eigenvalue weighted by Crippen LogP contribution is -2.35. The fourth-order valence-electron chi connectivity index (χ4n) is 1.56. The van der Waals surface area contributed by atoms with Crippen LogP contribution in [0, 0.1) is 0 Å². The Morgan fingerprint density at radius 2 is 1.89 bits per heavy atom. The SMILES string of the molecule is COC(C)C(=O)NC(C)c1ccccc1OC(F)F. The van der Waals surface area contributed by atoms with Crippen molar-refractivity contribution in [3.8, 4) is 5.75 Å². The Morgan fingerprint density at radius 1 is 1.26 bits per heavy atom. The number of amides is 1. The van der Waals surface area contributed by atoms with E-state index in [1.54, 1.807) is 32.0 Å². The van der Waals surface area contributed by atoms with E-state index in [9.17, 15) is 13.6 Å². The lowest BCUT2D eigenvalue weighted by molar-refractivity contribution is -0.130. The summed E-state index contributed by atoms with van der Waals surface area (Å²) in [5.41, 5.74) is 0.486. The summed E-state index contributed by atoms with van der Waals surface area (Å²) in [7, 11) is 1.42. The van der Waals surface area contributed by atoms with Crippen LogP contribution < -0.4 is 10.1 Å². The maximum atomic E-state index is 12.3. The van der Waals surface area contributed by atoms with Crippen LogP contribution >= 0.6 is 0 Å². The molecular formula is C13H17F2NO3. The molecule has 0 saturated heterocycles. The molecule has 6 heteroatoms. The molecule has 0 aromatic heterocycles. The number of carbonyl (C=O) groups is 1. The summed E-state index contributed by atoms with van der Waals surface area (Å²) >= 11 is 0. The first-order valence-electron chi connectivity index (χ1n) is 5.82. The van der Waals surface area contributed by atoms with Crippen molar-refractivity contribution in [3.05, 3.63) is 29.8 Å². The smallest absolute Gasteiger partial charge is 0.387 e. The van der Waals surface area contributed by atoms with Crippen LogP contribution in [0.25, 0.3) is 0 Å². The fourth-order valence-corrected chi connectivity index (χ4v) is 1.56. The van der Waals surface area contributed by atoms with E-state index in [1.165, 1.54) is 13.2 Å². The average Bonchev–Trinajstić information content (AvgIpc) is 2.37. The normalized spacial score (nSPS) is 14.0. The number of hydrogen-bond donors (Lipinski definition) is 1. The van der Waals surface area contributed by atoms with E-state index in [-0.39, 0.29) is 11.7 Å². The van der Waals surface area contributed by atoms with E-state index in [4.69, 9.17) is 4.74 Å². The molecule has 106 valence electrons. The molecule has 2 atom stereocenters. The van der Waals surface area contributed by atoms with Crippen LogP contribution in [0.1, 0.15) is 25.5 Å². The van der Waals surface area contributed by atoms with Crippen LogP contribution in [0.4, 0.5) is 8.78 Å². The van der Waals surface area contributed by atoms with Gasteiger partial charge >= 0.3 is 6.61 Å². The van der Waals surface area contributed by atoms with Crippen LogP contribution in [-0.4, -0.2) is 25.7 Å². The zero-order valence-corrected chi connectivity index (χ0v) is 11.0. The van der Waals surface area contributed by atoms with Crippen molar-refractivity contribution >= 4 is 5.91 Å². The number of halogens is 2. The fraction of sp³-hybridized carbons (Fsp3) is 0.462. The van der Waals surface area contributed by atoms with Gasteiger partial charge in [-0.15, -0.1) is 0 Å². The van der Waals surface area contributed by atoms with Gasteiger partial charge in [0, 0.05) is 12.7 Å². The summed E-state index contributed by atoms with van der Waals surface area (Å²) in [5, 5.41) is 2.67. The molecule has 1 N–H and O–H groups in total. The molecule has 0 fully saturated rings. The number of alkyl halides is 2. The van der Waals surface area contributed by atoms with E-state index in [0.717, 1.165) is 0 Å². The number of para-hydroxylation sites is 1. The number of ether oxygens (including phenoxy) is 2. The predicted molar refractivity (Wildman–Crippen MR) is 66.1 cm³/mol. The van der Waals surface area contributed by atoms with E-state index in [1.807, 2.05) is 0 Å². The highest BCUT2D eigenvalue weighted by molar-refractivity contribution is 5.80. The van der Waals surface area contributed by atoms with Gasteiger partial charge in [-0.25, -0.2) is 0 Å². The molecule has 4 nitrogen and oxygen atoms in total. The van der Waals surface area contributed by atoms with Crippen molar-refractivity contribution in [1.29, 1.82) is 0 Å². The lowest BCUT2D eigenvalue weighted by atomic mass is 10.1. The third-order valence-corrected chi connectivity index (χ3v) is 2.68. The second-order valence-corrected chi connectivity index (χ2v) is 4.02. The zero-order valence-electron chi connectivity index (χ0n) is 11.0. The van der Waals surface area contributed by atoms with Gasteiger partial charge in [0.15, 0.2) is 0 Å². The largest absolute Gasteiger partial charge is 0.434 e. The number of methoxy groups -OCH3 is 1. The van der Waals surface area contributed by atoms with E-state index >= 15 is 0 Å². The molecule has 1 aromatic carbocycles. The van der Waals surface area contributed by atoms with Gasteiger partial charge in [0.2, 0.25) is 5.91 Å². The summed E-state index contributed by atoms with van der Waals surface area (Å²) in [6, 6.07) is 5.88. The number of hydrogen-bond acceptors (Lipinski definition) is 3. The van der Waals surface area contributed by atoms with E-state index in [2.05, 4.69) is 10.1 Å². The molecule has 19 heavy (non-hydrogen) atoms. The molecule has 0 saturated carbocycles. The average molecular weight is 273 g/mol. The highest BCUT2D eigenvalue weighted by Gasteiger charge is 2.19. The van der Waals surface area contributed by atoms with Gasteiger partial charge in [-0.05, 0) is 19.9 Å². The van der Waals surface area contributed by atoms with Crippen molar-refractivity contribution in [3.63, 3.8) is 0 Å². The summed E-state index contributed by atoms with van der Waals surface area (Å²) in [4.78, 5) is 11.7. The first kappa shape index (κ1) is 15.4. The lowest BCUT2D eigenvalue weighted by Gasteiger charge is -2.19. The number of benzene rings is 1. The van der Waals surface area contributed by atoms with Crippen molar-refractivity contribution in [2.45, 2.75) is 32.6 Å². The van der Waals surface area contributed by atoms with Gasteiger partial charge < -0.3 is 14.8 Å². The minimum absolute atomic E-state index is 0.0513. The minimum atomic E-state index is -2.90. The maximum absolute atomic E-state index is 12.3. The Morgan fingerprint density at radius 3 is 2.47 bits per heavy atom. The van der Waals surface area contributed by atoms with Crippen LogP contribution in [0.3, 0.4) is 0 Å². The number of carbonyl (C=O) groups excluding carboxylic acids is 1. The third-order valence-electron chi connectivity index (χ3n) is 2.68. The van der Waals surface area contributed by atoms with Crippen LogP contribution in [-0.2, 0) is 9.53 Å². The van der Waals surface area contributed by atoms with Crippen molar-refractivity contribution in [2.75, 3.05) is 7.11 Å². The molecule has 0 aliphatic heterocycles. The molecule has 0 spiro atoms. The first-order valence-corrected chi connectivity index (χ1v) is 5.82. The van der Waals surface area contributed by atoms with Gasteiger partial charge in [0.05, 0.1) is 6.04 Å². The molecule has 1 amide bonds. The first-order chi connectivity index (χ1) is 8.95. The summed E-state index contributed by atoms with van der Waals surface area (Å²) < 4.78 is 33.9. The van der Waals surface area contributed by atoms with Crippen molar-refractivity contribution in [2.24, 2.45) is 0 Å². The van der Waals surface area contributed by atoms with Gasteiger partial charge in [-0.2, -0.15) is 8.78 Å². The second-order valence-electron chi connectivity index (χ2n) is 4.02. The molecule has 1 rings (SSSR count). The Bertz CT molecular complexity index is 426. The van der Waals surface area contributed by atoms with Gasteiger partial charge in [-0.1, -0.05) is 18.2 Å². The minimum Gasteiger partial charge on any atom is -0.434 e. The standard InChI is InChI=1S/C13H17F2NO3/c1-8(16-12(17)9(2)18-3)10-6-4-5-7-11(10)19-13(14)15/h4-9,13H,1-3H3,(H,16,17). The maximum Gasteiger partial charge on any atom is 0.387 e.